The Kier molecular flexibility index (Phi) is 4.06. The van der Waals surface area contributed by atoms with Crippen LogP contribution in [0.25, 0.3) is 5.57 Å². The SMILES string of the molecule is O=C1C(c2cccs2)=C(N2CCc3ccccc32)C(=O)N1Cc1cccnc1. The molecule has 2 aliphatic heterocycles. The summed E-state index contributed by atoms with van der Waals surface area (Å²) >= 11 is 1.48. The Morgan fingerprint density at radius 3 is 2.68 bits per heavy atom. The average molecular weight is 387 g/mol. The van der Waals surface area contributed by atoms with Gasteiger partial charge in [0.15, 0.2) is 0 Å². The number of nitrogens with zero attached hydrogens (tertiary/aromatic N) is 3. The number of rotatable bonds is 4. The molecule has 2 aliphatic rings. The average Bonchev–Trinajstić information content (AvgIpc) is 3.44. The monoisotopic (exact) mass is 387 g/mol. The van der Waals surface area contributed by atoms with Crippen LogP contribution in [0, 0.1) is 0 Å². The highest BCUT2D eigenvalue weighted by Gasteiger charge is 2.43. The van der Waals surface area contributed by atoms with E-state index in [1.54, 1.807) is 12.4 Å². The van der Waals surface area contributed by atoms with E-state index in [0.717, 1.165) is 22.5 Å². The van der Waals surface area contributed by atoms with Crippen molar-refractivity contribution >= 4 is 34.4 Å². The van der Waals surface area contributed by atoms with Crippen LogP contribution >= 0.6 is 11.3 Å². The van der Waals surface area contributed by atoms with Gasteiger partial charge in [0.25, 0.3) is 11.8 Å². The summed E-state index contributed by atoms with van der Waals surface area (Å²) in [5.74, 6) is -0.482. The van der Waals surface area contributed by atoms with Crippen molar-refractivity contribution in [1.29, 1.82) is 0 Å². The van der Waals surface area contributed by atoms with Crippen LogP contribution in [0.4, 0.5) is 5.69 Å². The normalized spacial score (nSPS) is 16.3. The molecule has 0 aliphatic carbocycles. The minimum Gasteiger partial charge on any atom is -0.336 e. The first-order valence-electron chi connectivity index (χ1n) is 9.13. The molecule has 0 unspecified atom stereocenters. The van der Waals surface area contributed by atoms with Crippen molar-refractivity contribution in [3.05, 3.63) is 88.0 Å². The van der Waals surface area contributed by atoms with E-state index in [1.165, 1.54) is 21.8 Å². The summed E-state index contributed by atoms with van der Waals surface area (Å²) in [7, 11) is 0. The Morgan fingerprint density at radius 1 is 1.00 bits per heavy atom. The van der Waals surface area contributed by atoms with Crippen molar-refractivity contribution in [3.63, 3.8) is 0 Å². The van der Waals surface area contributed by atoms with E-state index in [0.29, 0.717) is 17.8 Å². The predicted octanol–water partition coefficient (Wildman–Crippen LogP) is 3.49. The van der Waals surface area contributed by atoms with Gasteiger partial charge >= 0.3 is 0 Å². The summed E-state index contributed by atoms with van der Waals surface area (Å²) in [5.41, 5.74) is 4.03. The van der Waals surface area contributed by atoms with Crippen LogP contribution in [-0.2, 0) is 22.6 Å². The van der Waals surface area contributed by atoms with Crippen LogP contribution in [0.2, 0.25) is 0 Å². The van der Waals surface area contributed by atoms with Gasteiger partial charge in [-0.25, -0.2) is 0 Å². The Hall–Kier alpha value is -3.25. The van der Waals surface area contributed by atoms with E-state index in [2.05, 4.69) is 11.1 Å². The van der Waals surface area contributed by atoms with Crippen molar-refractivity contribution in [1.82, 2.24) is 9.88 Å². The van der Waals surface area contributed by atoms with Crippen molar-refractivity contribution in [3.8, 4) is 0 Å². The molecule has 0 saturated carbocycles. The van der Waals surface area contributed by atoms with Crippen LogP contribution in [0.15, 0.2) is 72.0 Å². The van der Waals surface area contributed by atoms with Gasteiger partial charge in [0.1, 0.15) is 5.70 Å². The fourth-order valence-corrected chi connectivity index (χ4v) is 4.61. The number of pyridine rings is 1. The number of hydrogen-bond acceptors (Lipinski definition) is 5. The zero-order valence-electron chi connectivity index (χ0n) is 15.0. The number of aromatic nitrogens is 1. The largest absolute Gasteiger partial charge is 0.336 e. The Balaban J connectivity index is 1.60. The standard InChI is InChI=1S/C22H17N3O2S/c26-21-19(18-8-4-12-28-18)20(24-11-9-16-6-1-2-7-17(16)24)22(27)25(21)14-15-5-3-10-23-13-15/h1-8,10,12-13H,9,11,14H2. The van der Waals surface area contributed by atoms with Gasteiger partial charge in [-0.05, 0) is 41.1 Å². The lowest BCUT2D eigenvalue weighted by Crippen LogP contribution is -2.34. The molecule has 3 aromatic rings. The molecule has 0 saturated heterocycles. The lowest BCUT2D eigenvalue weighted by Gasteiger charge is -2.21. The number of carbonyl (C=O) groups excluding carboxylic acids is 2. The second-order valence-corrected chi connectivity index (χ2v) is 7.74. The third kappa shape index (κ3) is 2.65. The van der Waals surface area contributed by atoms with Gasteiger partial charge in [0.2, 0.25) is 0 Å². The van der Waals surface area contributed by atoms with Crippen LogP contribution in [-0.4, -0.2) is 28.2 Å². The van der Waals surface area contributed by atoms with Crippen molar-refractivity contribution < 1.29 is 9.59 Å². The van der Waals surface area contributed by atoms with E-state index in [1.807, 2.05) is 52.7 Å². The molecule has 28 heavy (non-hydrogen) atoms. The smallest absolute Gasteiger partial charge is 0.278 e. The molecule has 0 radical (unpaired) electrons. The van der Waals surface area contributed by atoms with Crippen LogP contribution in [0.1, 0.15) is 16.0 Å². The molecule has 5 nitrogen and oxygen atoms in total. The number of hydrogen-bond donors (Lipinski definition) is 0. The lowest BCUT2D eigenvalue weighted by molar-refractivity contribution is -0.137. The number of benzene rings is 1. The topological polar surface area (TPSA) is 53.5 Å². The predicted molar refractivity (Wildman–Crippen MR) is 109 cm³/mol. The fraction of sp³-hybridized carbons (Fsp3) is 0.136. The summed E-state index contributed by atoms with van der Waals surface area (Å²) in [6.45, 7) is 0.919. The zero-order chi connectivity index (χ0) is 19.1. The maximum atomic E-state index is 13.4. The Labute approximate surface area is 166 Å². The fourth-order valence-electron chi connectivity index (χ4n) is 3.84. The first kappa shape index (κ1) is 16.9. The number of imide groups is 1. The van der Waals surface area contributed by atoms with Crippen LogP contribution < -0.4 is 4.90 Å². The molecule has 2 amide bonds. The second-order valence-electron chi connectivity index (χ2n) is 6.79. The van der Waals surface area contributed by atoms with Crippen molar-refractivity contribution in [2.45, 2.75) is 13.0 Å². The van der Waals surface area contributed by atoms with E-state index >= 15 is 0 Å². The molecule has 0 spiro atoms. The third-order valence-corrected chi connectivity index (χ3v) is 6.02. The number of thiophene rings is 1. The lowest BCUT2D eigenvalue weighted by atomic mass is 10.1. The first-order valence-corrected chi connectivity index (χ1v) is 10.0. The van der Waals surface area contributed by atoms with Gasteiger partial charge in [-0.2, -0.15) is 0 Å². The van der Waals surface area contributed by atoms with Crippen LogP contribution in [0.5, 0.6) is 0 Å². The molecule has 0 bridgehead atoms. The number of para-hydroxylation sites is 1. The van der Waals surface area contributed by atoms with E-state index in [-0.39, 0.29) is 18.4 Å². The molecule has 5 rings (SSSR count). The summed E-state index contributed by atoms with van der Waals surface area (Å²) < 4.78 is 0. The van der Waals surface area contributed by atoms with Gasteiger partial charge in [-0.3, -0.25) is 19.5 Å². The van der Waals surface area contributed by atoms with Gasteiger partial charge in [-0.15, -0.1) is 11.3 Å². The van der Waals surface area contributed by atoms with E-state index in [4.69, 9.17) is 0 Å². The van der Waals surface area contributed by atoms with Gasteiger partial charge in [-0.1, -0.05) is 30.3 Å². The molecular weight excluding hydrogens is 370 g/mol. The highest BCUT2D eigenvalue weighted by atomic mass is 32.1. The zero-order valence-corrected chi connectivity index (χ0v) is 15.9. The first-order chi connectivity index (χ1) is 13.7. The molecule has 2 aromatic heterocycles. The molecule has 1 aromatic carbocycles. The summed E-state index contributed by atoms with van der Waals surface area (Å²) in [6, 6.07) is 15.6. The maximum absolute atomic E-state index is 13.4. The van der Waals surface area contributed by atoms with Crippen molar-refractivity contribution in [2.75, 3.05) is 11.4 Å². The van der Waals surface area contributed by atoms with Gasteiger partial charge in [0.05, 0.1) is 12.1 Å². The third-order valence-electron chi connectivity index (χ3n) is 5.13. The second kappa shape index (κ2) is 6.73. The summed E-state index contributed by atoms with van der Waals surface area (Å²) in [5, 5.41) is 1.93. The molecule has 0 atom stereocenters. The highest BCUT2D eigenvalue weighted by molar-refractivity contribution is 7.11. The number of anilines is 1. The Bertz CT molecular complexity index is 1090. The Morgan fingerprint density at radius 2 is 1.89 bits per heavy atom. The van der Waals surface area contributed by atoms with E-state index in [9.17, 15) is 9.59 Å². The number of carbonyl (C=O) groups is 2. The van der Waals surface area contributed by atoms with Crippen molar-refractivity contribution in [2.24, 2.45) is 0 Å². The van der Waals surface area contributed by atoms with Gasteiger partial charge < -0.3 is 4.90 Å². The maximum Gasteiger partial charge on any atom is 0.278 e. The number of amides is 2. The molecule has 0 fully saturated rings. The summed E-state index contributed by atoms with van der Waals surface area (Å²) in [4.78, 5) is 35.0. The van der Waals surface area contributed by atoms with Crippen LogP contribution in [0.3, 0.4) is 0 Å². The molecule has 6 heteroatoms. The highest BCUT2D eigenvalue weighted by Crippen LogP contribution is 2.39. The minimum atomic E-state index is -0.242. The molecule has 4 heterocycles. The molecular formula is C22H17N3O2S. The van der Waals surface area contributed by atoms with Gasteiger partial charge in [0, 0.05) is 29.5 Å². The minimum absolute atomic E-state index is 0.222. The van der Waals surface area contributed by atoms with E-state index < -0.39 is 0 Å². The molecule has 0 N–H and O–H groups in total. The quantitative estimate of drug-likeness (QED) is 0.643. The summed E-state index contributed by atoms with van der Waals surface area (Å²) in [6.07, 6.45) is 4.23. The number of fused-ring (bicyclic) bond motifs is 1. The molecule has 138 valence electrons.